The molecule has 1 aliphatic rings. The number of nitrogens with two attached hydrogens (primary N) is 1. The summed E-state index contributed by atoms with van der Waals surface area (Å²) in [4.78, 5) is 36.3. The number of ketones is 2. The molecule has 0 radical (unpaired) electrons. The number of carbonyl (C=O) groups excluding carboxylic acids is 2. The molecule has 0 aromatic heterocycles. The quantitative estimate of drug-likeness (QED) is 0.665. The van der Waals surface area contributed by atoms with Crippen LogP contribution >= 0.6 is 0 Å². The van der Waals surface area contributed by atoms with E-state index in [1.807, 2.05) is 0 Å². The minimum absolute atomic E-state index is 0.0146. The van der Waals surface area contributed by atoms with Crippen LogP contribution < -0.4 is 5.73 Å². The summed E-state index contributed by atoms with van der Waals surface area (Å²) >= 11 is 0. The molecule has 3 rings (SSSR count). The number of aromatic carboxylic acids is 1. The van der Waals surface area contributed by atoms with E-state index in [2.05, 4.69) is 0 Å². The van der Waals surface area contributed by atoms with E-state index in [-0.39, 0.29) is 39.5 Å². The molecule has 21 heavy (non-hydrogen) atoms. The molecule has 0 saturated carbocycles. The summed E-state index contributed by atoms with van der Waals surface area (Å²) in [5.41, 5.74) is 6.71. The highest BCUT2D eigenvalue weighted by Gasteiger charge is 2.33. The lowest BCUT2D eigenvalue weighted by Gasteiger charge is -2.21. The van der Waals surface area contributed by atoms with E-state index >= 15 is 0 Å². The SMILES string of the molecule is Cc1c(C(=O)O)c(N)cc2c1C(=O)c1ccccc1C2=O. The topological polar surface area (TPSA) is 97.5 Å². The molecule has 0 amide bonds. The highest BCUT2D eigenvalue weighted by molar-refractivity contribution is 6.29. The van der Waals surface area contributed by atoms with Crippen molar-refractivity contribution in [3.8, 4) is 0 Å². The smallest absolute Gasteiger partial charge is 0.338 e. The van der Waals surface area contributed by atoms with Gasteiger partial charge in [-0.05, 0) is 18.6 Å². The van der Waals surface area contributed by atoms with Gasteiger partial charge in [0.2, 0.25) is 0 Å². The molecule has 0 unspecified atom stereocenters. The highest BCUT2D eigenvalue weighted by Crippen LogP contribution is 2.33. The Morgan fingerprint density at radius 2 is 1.62 bits per heavy atom. The summed E-state index contributed by atoms with van der Waals surface area (Å²) in [6, 6.07) is 7.77. The predicted octanol–water partition coefficient (Wildman–Crippen LogP) is 2.05. The monoisotopic (exact) mass is 281 g/mol. The predicted molar refractivity (Wildman–Crippen MR) is 75.9 cm³/mol. The third-order valence-corrected chi connectivity index (χ3v) is 3.71. The molecule has 0 heterocycles. The minimum Gasteiger partial charge on any atom is -0.478 e. The van der Waals surface area contributed by atoms with E-state index in [4.69, 9.17) is 5.73 Å². The molecule has 0 fully saturated rings. The zero-order valence-corrected chi connectivity index (χ0v) is 11.1. The van der Waals surface area contributed by atoms with Crippen LogP contribution in [0.1, 0.15) is 47.8 Å². The zero-order chi connectivity index (χ0) is 15.3. The Morgan fingerprint density at radius 3 is 2.19 bits per heavy atom. The van der Waals surface area contributed by atoms with Crippen molar-refractivity contribution >= 4 is 23.2 Å². The lowest BCUT2D eigenvalue weighted by atomic mass is 9.80. The Balaban J connectivity index is 2.39. The van der Waals surface area contributed by atoms with Crippen LogP contribution in [0.25, 0.3) is 0 Å². The number of carboxylic acids is 1. The van der Waals surface area contributed by atoms with Gasteiger partial charge in [-0.1, -0.05) is 24.3 Å². The van der Waals surface area contributed by atoms with Crippen molar-refractivity contribution in [3.05, 3.63) is 63.7 Å². The summed E-state index contributed by atoms with van der Waals surface area (Å²) in [5, 5.41) is 9.22. The number of benzene rings is 2. The van der Waals surface area contributed by atoms with Crippen molar-refractivity contribution in [1.82, 2.24) is 0 Å². The molecule has 3 N–H and O–H groups in total. The summed E-state index contributed by atoms with van der Waals surface area (Å²) in [6.07, 6.45) is 0. The first-order valence-electron chi connectivity index (χ1n) is 6.28. The third-order valence-electron chi connectivity index (χ3n) is 3.71. The van der Waals surface area contributed by atoms with Crippen LogP contribution in [0.15, 0.2) is 30.3 Å². The van der Waals surface area contributed by atoms with Gasteiger partial charge in [-0.3, -0.25) is 9.59 Å². The average Bonchev–Trinajstić information content (AvgIpc) is 2.44. The van der Waals surface area contributed by atoms with E-state index < -0.39 is 5.97 Å². The van der Waals surface area contributed by atoms with Crippen LogP contribution in [0.5, 0.6) is 0 Å². The molecule has 104 valence electrons. The van der Waals surface area contributed by atoms with Gasteiger partial charge in [0.15, 0.2) is 11.6 Å². The van der Waals surface area contributed by atoms with E-state index in [1.165, 1.54) is 13.0 Å². The Morgan fingerprint density at radius 1 is 1.05 bits per heavy atom. The maximum atomic E-state index is 12.6. The van der Waals surface area contributed by atoms with Crippen molar-refractivity contribution in [2.45, 2.75) is 6.92 Å². The van der Waals surface area contributed by atoms with Crippen LogP contribution in [-0.2, 0) is 0 Å². The number of hydrogen-bond donors (Lipinski definition) is 2. The highest BCUT2D eigenvalue weighted by atomic mass is 16.4. The lowest BCUT2D eigenvalue weighted by molar-refractivity contribution is 0.0696. The second kappa shape index (κ2) is 4.28. The normalized spacial score (nSPS) is 12.8. The molecule has 1 aliphatic carbocycles. The summed E-state index contributed by atoms with van der Waals surface area (Å²) in [5.74, 6) is -1.88. The summed E-state index contributed by atoms with van der Waals surface area (Å²) in [6.45, 7) is 1.50. The Labute approximate surface area is 120 Å². The lowest BCUT2D eigenvalue weighted by Crippen LogP contribution is -2.24. The van der Waals surface area contributed by atoms with Gasteiger partial charge in [0.1, 0.15) is 0 Å². The molecule has 2 aromatic rings. The Kier molecular flexibility index (Phi) is 2.66. The molecule has 0 atom stereocenters. The van der Waals surface area contributed by atoms with Gasteiger partial charge in [0, 0.05) is 27.9 Å². The zero-order valence-electron chi connectivity index (χ0n) is 11.1. The van der Waals surface area contributed by atoms with E-state index in [0.29, 0.717) is 11.1 Å². The standard InChI is InChI=1S/C16H11NO4/c1-7-12-10(6-11(17)13(7)16(20)21)14(18)8-4-2-3-5-9(8)15(12)19/h2-6H,17H2,1H3,(H,20,21). The van der Waals surface area contributed by atoms with Crippen LogP contribution in [-0.4, -0.2) is 22.6 Å². The van der Waals surface area contributed by atoms with Crippen molar-refractivity contribution < 1.29 is 19.5 Å². The van der Waals surface area contributed by atoms with Gasteiger partial charge in [0.25, 0.3) is 0 Å². The van der Waals surface area contributed by atoms with Gasteiger partial charge in [-0.15, -0.1) is 0 Å². The van der Waals surface area contributed by atoms with Crippen molar-refractivity contribution in [3.63, 3.8) is 0 Å². The first kappa shape index (κ1) is 13.1. The molecule has 0 saturated heterocycles. The molecule has 5 heteroatoms. The molecular formula is C16H11NO4. The van der Waals surface area contributed by atoms with E-state index in [1.54, 1.807) is 24.3 Å². The first-order valence-corrected chi connectivity index (χ1v) is 6.28. The number of carboxylic acid groups (broad SMARTS) is 1. The van der Waals surface area contributed by atoms with Gasteiger partial charge in [-0.25, -0.2) is 4.79 Å². The molecule has 0 bridgehead atoms. The number of carbonyl (C=O) groups is 3. The summed E-state index contributed by atoms with van der Waals surface area (Å²) in [7, 11) is 0. The molecule has 2 aromatic carbocycles. The van der Waals surface area contributed by atoms with Crippen LogP contribution in [0.4, 0.5) is 5.69 Å². The number of hydrogen-bond acceptors (Lipinski definition) is 4. The molecule has 0 aliphatic heterocycles. The van der Waals surface area contributed by atoms with Crippen LogP contribution in [0.3, 0.4) is 0 Å². The fraction of sp³-hybridized carbons (Fsp3) is 0.0625. The minimum atomic E-state index is -1.22. The maximum Gasteiger partial charge on any atom is 0.338 e. The first-order chi connectivity index (χ1) is 9.93. The van der Waals surface area contributed by atoms with Gasteiger partial charge in [0.05, 0.1) is 5.56 Å². The van der Waals surface area contributed by atoms with Crippen LogP contribution in [0, 0.1) is 6.92 Å². The third kappa shape index (κ3) is 1.67. The largest absolute Gasteiger partial charge is 0.478 e. The Bertz CT molecular complexity index is 836. The van der Waals surface area contributed by atoms with Gasteiger partial charge >= 0.3 is 5.97 Å². The van der Waals surface area contributed by atoms with Crippen molar-refractivity contribution in [2.24, 2.45) is 0 Å². The number of anilines is 1. The fourth-order valence-corrected chi connectivity index (χ4v) is 2.76. The van der Waals surface area contributed by atoms with E-state index in [9.17, 15) is 19.5 Å². The molecule has 0 spiro atoms. The van der Waals surface area contributed by atoms with Crippen LogP contribution in [0.2, 0.25) is 0 Å². The van der Waals surface area contributed by atoms with Gasteiger partial charge < -0.3 is 10.8 Å². The molecular weight excluding hydrogens is 270 g/mol. The Hall–Kier alpha value is -2.95. The fourth-order valence-electron chi connectivity index (χ4n) is 2.76. The number of fused-ring (bicyclic) bond motifs is 2. The molecule has 5 nitrogen and oxygen atoms in total. The van der Waals surface area contributed by atoms with Crippen molar-refractivity contribution in [1.29, 1.82) is 0 Å². The second-order valence-electron chi connectivity index (χ2n) is 4.90. The second-order valence-corrected chi connectivity index (χ2v) is 4.90. The van der Waals surface area contributed by atoms with Crippen molar-refractivity contribution in [2.75, 3.05) is 5.73 Å². The van der Waals surface area contributed by atoms with E-state index in [0.717, 1.165) is 0 Å². The number of rotatable bonds is 1. The average molecular weight is 281 g/mol. The number of nitrogen functional groups attached to an aromatic ring is 1. The summed E-state index contributed by atoms with van der Waals surface area (Å²) < 4.78 is 0. The maximum absolute atomic E-state index is 12.6. The van der Waals surface area contributed by atoms with Gasteiger partial charge in [-0.2, -0.15) is 0 Å².